The Hall–Kier alpha value is -4.94. The average Bonchev–Trinajstić information content (AvgIpc) is 3.16. The first-order valence-corrected chi connectivity index (χ1v) is 19.3. The van der Waals surface area contributed by atoms with Crippen LogP contribution in [0.5, 0.6) is 5.75 Å². The van der Waals surface area contributed by atoms with Gasteiger partial charge in [0.05, 0.1) is 30.0 Å². The van der Waals surface area contributed by atoms with Crippen LogP contribution in [-0.2, 0) is 31.9 Å². The van der Waals surface area contributed by atoms with E-state index in [2.05, 4.69) is 38.3 Å². The summed E-state index contributed by atoms with van der Waals surface area (Å²) in [6.45, 7) is 11.7. The Kier molecular flexibility index (Phi) is 18.0. The van der Waals surface area contributed by atoms with Crippen molar-refractivity contribution in [3.05, 3.63) is 77.1 Å². The topological polar surface area (TPSA) is 133 Å². The summed E-state index contributed by atoms with van der Waals surface area (Å²) in [7, 11) is 0. The summed E-state index contributed by atoms with van der Waals surface area (Å²) in [6.07, 6.45) is 11.9. The minimum Gasteiger partial charge on any atom is -0.492 e. The number of carbonyl (C=O) groups excluding carboxylic acids is 2. The molecule has 0 heterocycles. The summed E-state index contributed by atoms with van der Waals surface area (Å²) in [5, 5.41) is 28.6. The summed E-state index contributed by atoms with van der Waals surface area (Å²) in [5.41, 5.74) is 2.71. The number of nitrogens with zero attached hydrogens (tertiary/aromatic N) is 3. The molecule has 0 amide bonds. The maximum absolute atomic E-state index is 16.1. The van der Waals surface area contributed by atoms with Crippen molar-refractivity contribution < 1.29 is 28.2 Å². The van der Waals surface area contributed by atoms with Crippen molar-refractivity contribution in [3.63, 3.8) is 0 Å². The van der Waals surface area contributed by atoms with E-state index in [1.807, 2.05) is 24.3 Å². The average molecular weight is 738 g/mol. The van der Waals surface area contributed by atoms with Crippen LogP contribution in [0.3, 0.4) is 0 Å². The summed E-state index contributed by atoms with van der Waals surface area (Å²) in [4.78, 5) is 24.9. The second kappa shape index (κ2) is 22.3. The van der Waals surface area contributed by atoms with Crippen LogP contribution in [0.4, 0.5) is 4.39 Å². The maximum Gasteiger partial charge on any atom is 0.333 e. The second-order valence-corrected chi connectivity index (χ2v) is 14.9. The van der Waals surface area contributed by atoms with Crippen molar-refractivity contribution >= 4 is 11.9 Å². The van der Waals surface area contributed by atoms with Crippen LogP contribution in [-0.4, -0.2) is 31.8 Å². The molecule has 2 aromatic carbocycles. The van der Waals surface area contributed by atoms with Gasteiger partial charge >= 0.3 is 11.9 Å². The van der Waals surface area contributed by atoms with E-state index in [0.717, 1.165) is 35.4 Å². The molecular formula is C45H56FN3O5. The van der Waals surface area contributed by atoms with Crippen molar-refractivity contribution in [1.29, 1.82) is 15.8 Å². The molecule has 1 aliphatic carbocycles. The van der Waals surface area contributed by atoms with Crippen molar-refractivity contribution in [1.82, 2.24) is 0 Å². The summed E-state index contributed by atoms with van der Waals surface area (Å²) >= 11 is 0. The first kappa shape index (κ1) is 43.5. The van der Waals surface area contributed by atoms with Crippen LogP contribution in [0, 0.1) is 51.1 Å². The molecule has 1 aliphatic rings. The van der Waals surface area contributed by atoms with E-state index in [4.69, 9.17) is 14.2 Å². The van der Waals surface area contributed by atoms with Crippen LogP contribution in [0.1, 0.15) is 127 Å². The highest BCUT2D eigenvalue weighted by molar-refractivity contribution is 5.87. The molecule has 0 unspecified atom stereocenters. The van der Waals surface area contributed by atoms with E-state index in [0.29, 0.717) is 61.3 Å². The molecule has 2 aromatic rings. The monoisotopic (exact) mass is 737 g/mol. The fourth-order valence-corrected chi connectivity index (χ4v) is 7.02. The molecule has 54 heavy (non-hydrogen) atoms. The predicted molar refractivity (Wildman–Crippen MR) is 207 cm³/mol. The third-order valence-electron chi connectivity index (χ3n) is 10.2. The van der Waals surface area contributed by atoms with Crippen molar-refractivity contribution in [2.24, 2.45) is 11.3 Å². The van der Waals surface area contributed by atoms with Crippen LogP contribution in [0.2, 0.25) is 0 Å². The number of carbonyl (C=O) groups is 2. The Balaban J connectivity index is 2.01. The highest BCUT2D eigenvalue weighted by Gasteiger charge is 2.36. The zero-order valence-corrected chi connectivity index (χ0v) is 32.4. The van der Waals surface area contributed by atoms with Crippen molar-refractivity contribution in [2.75, 3.05) is 19.8 Å². The molecule has 0 spiro atoms. The lowest BCUT2D eigenvalue weighted by Crippen LogP contribution is -2.40. The van der Waals surface area contributed by atoms with Crippen LogP contribution >= 0.6 is 0 Å². The lowest BCUT2D eigenvalue weighted by Gasteiger charge is -2.31. The van der Waals surface area contributed by atoms with Gasteiger partial charge in [-0.15, -0.1) is 0 Å². The zero-order chi connectivity index (χ0) is 39.5. The highest BCUT2D eigenvalue weighted by atomic mass is 19.1. The zero-order valence-electron chi connectivity index (χ0n) is 32.4. The first-order valence-electron chi connectivity index (χ1n) is 19.3. The molecular weight excluding hydrogens is 682 g/mol. The Bertz CT molecular complexity index is 1670. The molecule has 0 aromatic heterocycles. The lowest BCUT2D eigenvalue weighted by atomic mass is 9.77. The van der Waals surface area contributed by atoms with Crippen molar-refractivity contribution in [3.8, 4) is 35.1 Å². The third-order valence-corrected chi connectivity index (χ3v) is 10.2. The predicted octanol–water partition coefficient (Wildman–Crippen LogP) is 10.6. The lowest BCUT2D eigenvalue weighted by molar-refractivity contribution is -0.150. The van der Waals surface area contributed by atoms with E-state index in [1.54, 1.807) is 6.07 Å². The van der Waals surface area contributed by atoms with Gasteiger partial charge in [0.15, 0.2) is 0 Å². The van der Waals surface area contributed by atoms with E-state index in [9.17, 15) is 25.4 Å². The van der Waals surface area contributed by atoms with E-state index < -0.39 is 17.4 Å². The summed E-state index contributed by atoms with van der Waals surface area (Å²) in [5.74, 6) is -0.0333. The van der Waals surface area contributed by atoms with Gasteiger partial charge in [0.1, 0.15) is 31.4 Å². The standard InChI is InChI=1S/C45H56FN3O5/c1-6-7-8-13-34-16-18-35(19-17-34)36-20-21-40(41(46)28-36)39-26-37(14-9-11-23-47)42(38(27-39)15-10-12-24-48)52-29-45(22-25-49,30-53-43(50)32(2)3)31-54-44(51)33(4)5/h20-21,26-28,34-35H,2,4,6-19,22,29-31H2,1,3,5H3. The van der Waals surface area contributed by atoms with Gasteiger partial charge in [0.2, 0.25) is 0 Å². The van der Waals surface area contributed by atoms with Crippen LogP contribution < -0.4 is 4.74 Å². The van der Waals surface area contributed by atoms with Gasteiger partial charge in [-0.2, -0.15) is 15.8 Å². The summed E-state index contributed by atoms with van der Waals surface area (Å²) < 4.78 is 33.7. The van der Waals surface area contributed by atoms with Gasteiger partial charge in [-0.1, -0.05) is 57.9 Å². The Morgan fingerprint density at radius 3 is 1.87 bits per heavy atom. The molecule has 3 rings (SSSR count). The Morgan fingerprint density at radius 1 is 0.815 bits per heavy atom. The van der Waals surface area contributed by atoms with Crippen molar-refractivity contribution in [2.45, 2.75) is 123 Å². The molecule has 0 saturated heterocycles. The second-order valence-electron chi connectivity index (χ2n) is 14.9. The van der Waals surface area contributed by atoms with Gasteiger partial charge in [0, 0.05) is 29.6 Å². The molecule has 1 saturated carbocycles. The number of halogens is 1. The normalized spacial score (nSPS) is 15.3. The van der Waals surface area contributed by atoms with E-state index in [-0.39, 0.29) is 43.2 Å². The number of hydrogen-bond acceptors (Lipinski definition) is 8. The highest BCUT2D eigenvalue weighted by Crippen LogP contribution is 2.40. The quantitative estimate of drug-likeness (QED) is 0.0662. The molecule has 0 atom stereocenters. The molecule has 0 aliphatic heterocycles. The Morgan fingerprint density at radius 2 is 1.39 bits per heavy atom. The molecule has 0 radical (unpaired) electrons. The van der Waals surface area contributed by atoms with Crippen LogP contribution in [0.15, 0.2) is 54.6 Å². The number of rotatable bonds is 22. The number of unbranched alkanes of at least 4 members (excludes halogenated alkanes) is 4. The maximum atomic E-state index is 16.1. The van der Waals surface area contributed by atoms with E-state index in [1.165, 1.54) is 52.4 Å². The first-order chi connectivity index (χ1) is 26.0. The molecule has 288 valence electrons. The third kappa shape index (κ3) is 13.2. The number of benzene rings is 2. The van der Waals surface area contributed by atoms with Crippen LogP contribution in [0.25, 0.3) is 11.1 Å². The number of hydrogen-bond donors (Lipinski definition) is 0. The molecule has 0 bridgehead atoms. The summed E-state index contributed by atoms with van der Waals surface area (Å²) in [6, 6.07) is 15.8. The number of esters is 2. The van der Waals surface area contributed by atoms with Gasteiger partial charge in [0.25, 0.3) is 0 Å². The number of nitriles is 3. The Labute approximate surface area is 321 Å². The van der Waals surface area contributed by atoms with E-state index >= 15 is 4.39 Å². The number of ether oxygens (including phenoxy) is 3. The molecule has 0 N–H and O–H groups in total. The smallest absolute Gasteiger partial charge is 0.333 e. The van der Waals surface area contributed by atoms with Gasteiger partial charge in [-0.05, 0) is 118 Å². The molecule has 1 fully saturated rings. The fourth-order valence-electron chi connectivity index (χ4n) is 7.02. The van der Waals surface area contributed by atoms with Gasteiger partial charge < -0.3 is 14.2 Å². The minimum absolute atomic E-state index is 0.168. The SMILES string of the molecule is C=C(C)C(=O)OCC(CC#N)(COC(=O)C(=C)C)COc1c(CCCC#N)cc(-c2ccc(C3CCC(CCCCC)CC3)cc2F)cc1CCCC#N. The van der Waals surface area contributed by atoms with Gasteiger partial charge in [-0.3, -0.25) is 0 Å². The number of aryl methyl sites for hydroxylation is 2. The molecule has 8 nitrogen and oxygen atoms in total. The largest absolute Gasteiger partial charge is 0.492 e. The molecule has 9 heteroatoms. The fraction of sp³-hybridized carbons (Fsp3) is 0.533. The van der Waals surface area contributed by atoms with Gasteiger partial charge in [-0.25, -0.2) is 14.0 Å². The minimum atomic E-state index is -1.26.